The van der Waals surface area contributed by atoms with E-state index in [9.17, 15) is 0 Å². The summed E-state index contributed by atoms with van der Waals surface area (Å²) in [4.78, 5) is 12.0. The van der Waals surface area contributed by atoms with Gasteiger partial charge in [0, 0.05) is 42.2 Å². The van der Waals surface area contributed by atoms with Gasteiger partial charge in [0.05, 0.1) is 6.20 Å². The van der Waals surface area contributed by atoms with Crippen molar-refractivity contribution in [3.63, 3.8) is 0 Å². The average Bonchev–Trinajstić information content (AvgIpc) is 3.12. The van der Waals surface area contributed by atoms with Crippen LogP contribution in [-0.2, 0) is 0 Å². The standard InChI is InChI=1S/C14H12N6/c1-15-12-7-10(9-3-5-16-13(9)19-12)11-8-18-20-6-2-4-17-14(11)20/h2-8H,1H3,(H2,15,16,19). The van der Waals surface area contributed by atoms with Crippen molar-refractivity contribution in [1.29, 1.82) is 0 Å². The topological polar surface area (TPSA) is 70.9 Å². The number of nitrogens with one attached hydrogen (secondary N) is 2. The van der Waals surface area contributed by atoms with Crippen LogP contribution in [-0.4, -0.2) is 31.6 Å². The number of H-pyrrole nitrogens is 1. The second-order valence-electron chi connectivity index (χ2n) is 4.49. The zero-order valence-electron chi connectivity index (χ0n) is 10.8. The number of rotatable bonds is 2. The maximum absolute atomic E-state index is 4.49. The van der Waals surface area contributed by atoms with E-state index >= 15 is 0 Å². The molecule has 98 valence electrons. The Hall–Kier alpha value is -2.89. The van der Waals surface area contributed by atoms with E-state index in [1.807, 2.05) is 43.8 Å². The van der Waals surface area contributed by atoms with Crippen LogP contribution in [0.3, 0.4) is 0 Å². The SMILES string of the molecule is CNc1cc(-c2cnn3cccnc23)c2cc[nH]c2n1. The van der Waals surface area contributed by atoms with Crippen molar-refractivity contribution in [1.82, 2.24) is 24.6 Å². The Bertz CT molecular complexity index is 904. The summed E-state index contributed by atoms with van der Waals surface area (Å²) in [5, 5.41) is 8.49. The van der Waals surface area contributed by atoms with Crippen molar-refractivity contribution in [2.75, 3.05) is 12.4 Å². The summed E-state index contributed by atoms with van der Waals surface area (Å²) in [6.45, 7) is 0. The van der Waals surface area contributed by atoms with Gasteiger partial charge in [0.2, 0.25) is 0 Å². The van der Waals surface area contributed by atoms with Crippen LogP contribution in [0, 0.1) is 0 Å². The van der Waals surface area contributed by atoms with Gasteiger partial charge < -0.3 is 10.3 Å². The zero-order valence-corrected chi connectivity index (χ0v) is 10.8. The number of pyridine rings is 1. The maximum Gasteiger partial charge on any atom is 0.162 e. The van der Waals surface area contributed by atoms with Gasteiger partial charge in [-0.25, -0.2) is 14.5 Å². The second kappa shape index (κ2) is 4.06. The number of nitrogens with zero attached hydrogens (tertiary/aromatic N) is 4. The first-order chi connectivity index (χ1) is 9.86. The predicted molar refractivity (Wildman–Crippen MR) is 77.6 cm³/mol. The largest absolute Gasteiger partial charge is 0.373 e. The molecule has 0 fully saturated rings. The van der Waals surface area contributed by atoms with Crippen molar-refractivity contribution in [2.45, 2.75) is 0 Å². The number of hydrogen-bond donors (Lipinski definition) is 2. The summed E-state index contributed by atoms with van der Waals surface area (Å²) in [5.74, 6) is 0.810. The monoisotopic (exact) mass is 264 g/mol. The molecule has 0 atom stereocenters. The van der Waals surface area contributed by atoms with E-state index < -0.39 is 0 Å². The van der Waals surface area contributed by atoms with E-state index in [4.69, 9.17) is 0 Å². The molecule has 0 saturated heterocycles. The summed E-state index contributed by atoms with van der Waals surface area (Å²) in [6, 6.07) is 5.90. The Kier molecular flexibility index (Phi) is 2.23. The number of anilines is 1. The molecular weight excluding hydrogens is 252 g/mol. The highest BCUT2D eigenvalue weighted by Crippen LogP contribution is 2.31. The minimum Gasteiger partial charge on any atom is -0.373 e. The summed E-state index contributed by atoms with van der Waals surface area (Å²) >= 11 is 0. The van der Waals surface area contributed by atoms with E-state index in [1.165, 1.54) is 0 Å². The molecule has 0 unspecified atom stereocenters. The van der Waals surface area contributed by atoms with Crippen LogP contribution < -0.4 is 5.32 Å². The van der Waals surface area contributed by atoms with E-state index in [2.05, 4.69) is 25.4 Å². The lowest BCUT2D eigenvalue weighted by atomic mass is 10.1. The lowest BCUT2D eigenvalue weighted by molar-refractivity contribution is 0.939. The molecule has 20 heavy (non-hydrogen) atoms. The van der Waals surface area contributed by atoms with Gasteiger partial charge in [0.1, 0.15) is 11.5 Å². The molecule has 0 aliphatic heterocycles. The molecule has 0 aromatic carbocycles. The minimum atomic E-state index is 0.810. The van der Waals surface area contributed by atoms with Crippen molar-refractivity contribution in [3.05, 3.63) is 43.0 Å². The van der Waals surface area contributed by atoms with Crippen LogP contribution >= 0.6 is 0 Å². The quantitative estimate of drug-likeness (QED) is 0.583. The smallest absolute Gasteiger partial charge is 0.162 e. The number of hydrogen-bond acceptors (Lipinski definition) is 4. The van der Waals surface area contributed by atoms with Gasteiger partial charge in [-0.2, -0.15) is 5.10 Å². The van der Waals surface area contributed by atoms with Crippen LogP contribution in [0.5, 0.6) is 0 Å². The molecule has 4 rings (SSSR count). The van der Waals surface area contributed by atoms with Crippen LogP contribution in [0.1, 0.15) is 0 Å². The van der Waals surface area contributed by atoms with Crippen LogP contribution in [0.4, 0.5) is 5.82 Å². The third-order valence-electron chi connectivity index (χ3n) is 3.35. The van der Waals surface area contributed by atoms with Crippen molar-refractivity contribution in [2.24, 2.45) is 0 Å². The minimum absolute atomic E-state index is 0.810. The molecule has 6 heteroatoms. The summed E-state index contributed by atoms with van der Waals surface area (Å²) in [7, 11) is 1.86. The Labute approximate surface area is 114 Å². The van der Waals surface area contributed by atoms with Gasteiger partial charge >= 0.3 is 0 Å². The van der Waals surface area contributed by atoms with Crippen molar-refractivity contribution in [3.8, 4) is 11.1 Å². The fraction of sp³-hybridized carbons (Fsp3) is 0.0714. The summed E-state index contributed by atoms with van der Waals surface area (Å²) in [6.07, 6.45) is 7.39. The first-order valence-electron chi connectivity index (χ1n) is 6.31. The Morgan fingerprint density at radius 3 is 3.15 bits per heavy atom. The molecule has 0 amide bonds. The first kappa shape index (κ1) is 11.0. The Morgan fingerprint density at radius 1 is 1.30 bits per heavy atom. The van der Waals surface area contributed by atoms with E-state index in [1.54, 1.807) is 10.7 Å². The number of fused-ring (bicyclic) bond motifs is 2. The highest BCUT2D eigenvalue weighted by Gasteiger charge is 2.13. The van der Waals surface area contributed by atoms with E-state index in [-0.39, 0.29) is 0 Å². The van der Waals surface area contributed by atoms with Crippen molar-refractivity contribution < 1.29 is 0 Å². The zero-order chi connectivity index (χ0) is 13.5. The third kappa shape index (κ3) is 1.48. The molecule has 0 saturated carbocycles. The average molecular weight is 264 g/mol. The molecule has 0 radical (unpaired) electrons. The molecule has 0 aliphatic carbocycles. The van der Waals surface area contributed by atoms with E-state index in [0.717, 1.165) is 33.6 Å². The highest BCUT2D eigenvalue weighted by molar-refractivity contribution is 5.98. The lowest BCUT2D eigenvalue weighted by Crippen LogP contribution is -1.94. The highest BCUT2D eigenvalue weighted by atomic mass is 15.2. The number of aromatic amines is 1. The van der Waals surface area contributed by atoms with Crippen LogP contribution in [0.2, 0.25) is 0 Å². The third-order valence-corrected chi connectivity index (χ3v) is 3.35. The molecule has 4 heterocycles. The molecule has 6 nitrogen and oxygen atoms in total. The molecule has 0 spiro atoms. The normalized spacial score (nSPS) is 11.2. The molecule has 0 aliphatic rings. The van der Waals surface area contributed by atoms with Gasteiger partial charge in [0.25, 0.3) is 0 Å². The Morgan fingerprint density at radius 2 is 2.25 bits per heavy atom. The van der Waals surface area contributed by atoms with Crippen LogP contribution in [0.15, 0.2) is 43.0 Å². The van der Waals surface area contributed by atoms with Gasteiger partial charge in [0.15, 0.2) is 5.65 Å². The molecule has 0 bridgehead atoms. The summed E-state index contributed by atoms with van der Waals surface area (Å²) in [5.41, 5.74) is 3.74. The molecule has 2 N–H and O–H groups in total. The first-order valence-corrected chi connectivity index (χ1v) is 6.31. The molecular formula is C14H12N6. The summed E-state index contributed by atoms with van der Waals surface area (Å²) < 4.78 is 1.77. The fourth-order valence-corrected chi connectivity index (χ4v) is 2.41. The number of aromatic nitrogens is 5. The molecule has 4 aromatic heterocycles. The van der Waals surface area contributed by atoms with Gasteiger partial charge in [-0.05, 0) is 18.2 Å². The van der Waals surface area contributed by atoms with Gasteiger partial charge in [-0.3, -0.25) is 0 Å². The Balaban J connectivity index is 2.08. The predicted octanol–water partition coefficient (Wildman–Crippen LogP) is 2.31. The molecule has 4 aromatic rings. The maximum atomic E-state index is 4.49. The van der Waals surface area contributed by atoms with Gasteiger partial charge in [-0.1, -0.05) is 0 Å². The van der Waals surface area contributed by atoms with Crippen molar-refractivity contribution >= 4 is 22.5 Å². The van der Waals surface area contributed by atoms with Gasteiger partial charge in [-0.15, -0.1) is 0 Å². The fourth-order valence-electron chi connectivity index (χ4n) is 2.41. The second-order valence-corrected chi connectivity index (χ2v) is 4.49. The lowest BCUT2D eigenvalue weighted by Gasteiger charge is -2.05. The van der Waals surface area contributed by atoms with E-state index in [0.29, 0.717) is 0 Å². The van der Waals surface area contributed by atoms with Crippen LogP contribution in [0.25, 0.3) is 27.8 Å².